The summed E-state index contributed by atoms with van der Waals surface area (Å²) < 4.78 is 0. The van der Waals surface area contributed by atoms with Gasteiger partial charge in [-0.1, -0.05) is 102 Å². The zero-order chi connectivity index (χ0) is 34.6. The van der Waals surface area contributed by atoms with E-state index in [1.165, 1.54) is 109 Å². The van der Waals surface area contributed by atoms with Gasteiger partial charge in [0.25, 0.3) is 0 Å². The van der Waals surface area contributed by atoms with E-state index in [1.807, 2.05) is 0 Å². The summed E-state index contributed by atoms with van der Waals surface area (Å²) in [7, 11) is 0. The summed E-state index contributed by atoms with van der Waals surface area (Å²) in [6.45, 7) is 19.4. The Labute approximate surface area is 296 Å². The Balaban J connectivity index is 0.000000188. The molecule has 0 aromatic carbocycles. The highest BCUT2D eigenvalue weighted by Crippen LogP contribution is 2.60. The first-order chi connectivity index (χ1) is 22.9. The number of fused-ring (bicyclic) bond motifs is 2. The molecule has 0 spiro atoms. The lowest BCUT2D eigenvalue weighted by molar-refractivity contribution is -0.113. The lowest BCUT2D eigenvalue weighted by Crippen LogP contribution is -2.36. The van der Waals surface area contributed by atoms with E-state index in [9.17, 15) is 9.90 Å². The van der Waals surface area contributed by atoms with Gasteiger partial charge in [-0.15, -0.1) is 0 Å². The molecule has 0 saturated heterocycles. The van der Waals surface area contributed by atoms with Crippen molar-refractivity contribution in [1.82, 2.24) is 0 Å². The van der Waals surface area contributed by atoms with Gasteiger partial charge < -0.3 is 9.90 Å². The Hall–Kier alpha value is -1.41. The second-order valence-corrected chi connectivity index (χ2v) is 19.2. The number of carbonyl (C=O) groups is 1. The Bertz CT molecular complexity index is 1190. The van der Waals surface area contributed by atoms with Gasteiger partial charge in [0.2, 0.25) is 0 Å². The highest BCUT2D eigenvalue weighted by atomic mass is 16.3. The molecule has 0 heterocycles. The van der Waals surface area contributed by atoms with Gasteiger partial charge in [0.05, 0.1) is 0 Å². The smallest absolute Gasteiger partial charge is 0.123 e. The van der Waals surface area contributed by atoms with Gasteiger partial charge >= 0.3 is 0 Å². The summed E-state index contributed by atoms with van der Waals surface area (Å²) in [4.78, 5) is 11.4. The second kappa shape index (κ2) is 16.3. The van der Waals surface area contributed by atoms with Gasteiger partial charge in [0, 0.05) is 12.5 Å². The van der Waals surface area contributed by atoms with Crippen LogP contribution in [0.1, 0.15) is 158 Å². The van der Waals surface area contributed by atoms with Crippen LogP contribution >= 0.6 is 0 Å². The van der Waals surface area contributed by atoms with Crippen LogP contribution in [0.2, 0.25) is 0 Å². The number of aliphatic hydroxyl groups is 1. The topological polar surface area (TPSA) is 37.3 Å². The number of hydrogen-bond donors (Lipinski definition) is 1. The van der Waals surface area contributed by atoms with Crippen molar-refractivity contribution >= 4 is 6.29 Å². The number of allylic oxidation sites excluding steroid dienone is 8. The van der Waals surface area contributed by atoms with Gasteiger partial charge in [-0.05, 0) is 167 Å². The molecule has 2 nitrogen and oxygen atoms in total. The molecule has 6 saturated carbocycles. The van der Waals surface area contributed by atoms with Crippen LogP contribution in [0.3, 0.4) is 0 Å². The first-order valence-electron chi connectivity index (χ1n) is 20.7. The zero-order valence-electron chi connectivity index (χ0n) is 32.5. The molecule has 0 unspecified atom stereocenters. The molecular weight excluding hydrogens is 585 g/mol. The van der Waals surface area contributed by atoms with Crippen molar-refractivity contribution in [1.29, 1.82) is 0 Å². The van der Waals surface area contributed by atoms with Crippen molar-refractivity contribution in [2.45, 2.75) is 158 Å². The maximum atomic E-state index is 11.4. The molecule has 0 aromatic rings. The molecule has 0 amide bonds. The molecule has 6 aliphatic carbocycles. The average Bonchev–Trinajstić information content (AvgIpc) is 3.58. The molecule has 12 atom stereocenters. The largest absolute Gasteiger partial charge is 0.396 e. The Morgan fingerprint density at radius 3 is 1.50 bits per heavy atom. The third kappa shape index (κ3) is 8.37. The average molecular weight is 659 g/mol. The van der Waals surface area contributed by atoms with E-state index in [4.69, 9.17) is 0 Å². The maximum Gasteiger partial charge on any atom is 0.123 e. The summed E-state index contributed by atoms with van der Waals surface area (Å²) >= 11 is 0. The number of hydrogen-bond acceptors (Lipinski definition) is 2. The van der Waals surface area contributed by atoms with Crippen molar-refractivity contribution < 1.29 is 9.90 Å². The summed E-state index contributed by atoms with van der Waals surface area (Å²) in [6.07, 6.45) is 32.2. The predicted octanol–water partition coefficient (Wildman–Crippen LogP) is 12.5. The number of carbonyl (C=O) groups excluding carboxylic acids is 1. The number of rotatable bonds is 6. The molecule has 0 radical (unpaired) electrons. The summed E-state index contributed by atoms with van der Waals surface area (Å²) in [5.41, 5.74) is 7.53. The molecule has 2 heteroatoms. The zero-order valence-corrected chi connectivity index (χ0v) is 32.5. The lowest BCUT2D eigenvalue weighted by atomic mass is 9.61. The second-order valence-electron chi connectivity index (χ2n) is 19.2. The molecule has 0 bridgehead atoms. The molecular formula is C46H74O2. The third-order valence-electron chi connectivity index (χ3n) is 15.0. The van der Waals surface area contributed by atoms with Gasteiger partial charge in [-0.2, -0.15) is 0 Å². The quantitative estimate of drug-likeness (QED) is 0.288. The lowest BCUT2D eigenvalue weighted by Gasteiger charge is -2.44. The van der Waals surface area contributed by atoms with Gasteiger partial charge in [-0.25, -0.2) is 0 Å². The fraction of sp³-hybridized carbons (Fsp3) is 0.804. The Kier molecular flexibility index (Phi) is 12.8. The first-order valence-corrected chi connectivity index (χ1v) is 20.7. The molecule has 0 aliphatic heterocycles. The summed E-state index contributed by atoms with van der Waals surface area (Å²) in [6, 6.07) is 0. The summed E-state index contributed by atoms with van der Waals surface area (Å²) in [5, 5.41) is 9.66. The molecule has 48 heavy (non-hydrogen) atoms. The molecule has 270 valence electrons. The van der Waals surface area contributed by atoms with Crippen molar-refractivity contribution in [3.05, 3.63) is 46.6 Å². The fourth-order valence-electron chi connectivity index (χ4n) is 13.0. The predicted molar refractivity (Wildman–Crippen MR) is 205 cm³/mol. The fourth-order valence-corrected chi connectivity index (χ4v) is 13.0. The van der Waals surface area contributed by atoms with Crippen molar-refractivity contribution in [2.75, 3.05) is 6.61 Å². The van der Waals surface area contributed by atoms with Crippen LogP contribution in [0.4, 0.5) is 0 Å². The van der Waals surface area contributed by atoms with Crippen LogP contribution in [0.5, 0.6) is 0 Å². The minimum atomic E-state index is 0.220. The monoisotopic (exact) mass is 659 g/mol. The van der Waals surface area contributed by atoms with Crippen LogP contribution in [0.25, 0.3) is 0 Å². The third-order valence-corrected chi connectivity index (χ3v) is 15.0. The van der Waals surface area contributed by atoms with E-state index >= 15 is 0 Å². The molecule has 6 aliphatic rings. The Morgan fingerprint density at radius 1 is 0.667 bits per heavy atom. The van der Waals surface area contributed by atoms with Crippen LogP contribution in [0.15, 0.2) is 46.6 Å². The number of aldehydes is 1. The van der Waals surface area contributed by atoms with E-state index < -0.39 is 0 Å². The van der Waals surface area contributed by atoms with E-state index in [1.54, 1.807) is 22.3 Å². The van der Waals surface area contributed by atoms with Crippen LogP contribution in [0, 0.1) is 70.0 Å². The highest BCUT2D eigenvalue weighted by Gasteiger charge is 2.51. The molecule has 6 fully saturated rings. The minimum Gasteiger partial charge on any atom is -0.396 e. The van der Waals surface area contributed by atoms with Crippen LogP contribution < -0.4 is 0 Å². The van der Waals surface area contributed by atoms with Gasteiger partial charge in [0.15, 0.2) is 0 Å². The Morgan fingerprint density at radius 2 is 1.08 bits per heavy atom. The minimum absolute atomic E-state index is 0.220. The molecule has 1 N–H and O–H groups in total. The van der Waals surface area contributed by atoms with E-state index in [2.05, 4.69) is 79.7 Å². The van der Waals surface area contributed by atoms with Crippen LogP contribution in [-0.2, 0) is 4.79 Å². The number of aliphatic hydroxyl groups excluding tert-OH is 1. The SMILES string of the molecule is C[C@@H]1CC(=C/C=C2\CCC[C@]3(C)[C@@H]([C@H](C)C=O)CC[C@@H]23)C[C@@H](C)C1.C[C@@H]1CC(=C/C=C2\CCC[C@]3(C)[C@@H]([C@H](C)CO)CC[C@@H]23)C[C@@H](C)C1. The summed E-state index contributed by atoms with van der Waals surface area (Å²) in [5.74, 6) is 6.86. The van der Waals surface area contributed by atoms with Crippen molar-refractivity contribution in [2.24, 2.45) is 70.0 Å². The molecule has 6 rings (SSSR count). The van der Waals surface area contributed by atoms with Gasteiger partial charge in [0.1, 0.15) is 6.29 Å². The van der Waals surface area contributed by atoms with Crippen molar-refractivity contribution in [3.8, 4) is 0 Å². The van der Waals surface area contributed by atoms with Crippen LogP contribution in [-0.4, -0.2) is 18.0 Å². The van der Waals surface area contributed by atoms with Gasteiger partial charge in [-0.3, -0.25) is 0 Å². The standard InChI is InChI=1S/C23H38O.C23H36O/c2*1-16-12-17(2)14-19(13-16)7-8-20-6-5-11-23(4)21(18(3)15-24)9-10-22(20)23/h7-8,16-18,21-22,24H,5-6,9-15H2,1-4H3;7-8,15-18,21-22H,5-6,9-14H2,1-4H3/b2*20-8+/t2*16-,17-,18+,21+,22-,23+/m00/s1. The maximum absolute atomic E-state index is 11.4. The van der Waals surface area contributed by atoms with E-state index in [-0.39, 0.29) is 5.92 Å². The van der Waals surface area contributed by atoms with E-state index in [0.717, 1.165) is 29.6 Å². The molecule has 0 aromatic heterocycles. The van der Waals surface area contributed by atoms with E-state index in [0.29, 0.717) is 41.1 Å². The van der Waals surface area contributed by atoms with Crippen molar-refractivity contribution in [3.63, 3.8) is 0 Å². The normalized spacial score (nSPS) is 42.8. The highest BCUT2D eigenvalue weighted by molar-refractivity contribution is 5.54. The first kappa shape index (κ1) is 37.8.